The van der Waals surface area contributed by atoms with Crippen LogP contribution in [-0.4, -0.2) is 15.0 Å². The number of rotatable bonds is 5. The summed E-state index contributed by atoms with van der Waals surface area (Å²) in [7, 11) is -3.50. The molecule has 0 saturated carbocycles. The van der Waals surface area contributed by atoms with Crippen molar-refractivity contribution >= 4 is 20.8 Å². The van der Waals surface area contributed by atoms with E-state index >= 15 is 0 Å². The molecule has 2 aromatic rings. The Morgan fingerprint density at radius 2 is 1.67 bits per heavy atom. The van der Waals surface area contributed by atoms with Crippen molar-refractivity contribution in [2.75, 3.05) is 6.54 Å². The van der Waals surface area contributed by atoms with Crippen molar-refractivity contribution in [3.63, 3.8) is 0 Å². The first kappa shape index (κ1) is 16.0. The van der Waals surface area contributed by atoms with Crippen LogP contribution < -0.4 is 4.72 Å². The average Bonchev–Trinajstić information content (AvgIpc) is 2.44. The number of nitrogens with one attached hydrogen (secondary N) is 1. The van der Waals surface area contributed by atoms with Crippen LogP contribution in [0.4, 0.5) is 0 Å². The Morgan fingerprint density at radius 1 is 1.05 bits per heavy atom. The van der Waals surface area contributed by atoms with E-state index in [-0.39, 0.29) is 5.41 Å². The summed E-state index contributed by atoms with van der Waals surface area (Å²) in [6, 6.07) is 12.9. The summed E-state index contributed by atoms with van der Waals surface area (Å²) < 4.78 is 28.0. The highest BCUT2D eigenvalue weighted by atomic mass is 32.2. The van der Waals surface area contributed by atoms with E-state index in [0.717, 1.165) is 10.8 Å². The maximum atomic E-state index is 12.6. The molecule has 0 bridgehead atoms. The predicted octanol–water partition coefficient (Wildman–Crippen LogP) is 3.80. The normalized spacial score (nSPS) is 13.0. The van der Waals surface area contributed by atoms with Gasteiger partial charge in [-0.3, -0.25) is 0 Å². The standard InChI is InChI=1S/C17H23NO2S/c1-13(2)17(3,4)12-18-21(19,20)16-11-7-9-14-8-5-6-10-15(14)16/h5-11,13,18H,12H2,1-4H3. The molecule has 3 nitrogen and oxygen atoms in total. The van der Waals surface area contributed by atoms with Crippen LogP contribution in [0.3, 0.4) is 0 Å². The van der Waals surface area contributed by atoms with Gasteiger partial charge in [-0.15, -0.1) is 0 Å². The summed E-state index contributed by atoms with van der Waals surface area (Å²) in [4.78, 5) is 0.347. The van der Waals surface area contributed by atoms with Crippen LogP contribution in [0.25, 0.3) is 10.8 Å². The lowest BCUT2D eigenvalue weighted by molar-refractivity contribution is 0.252. The molecule has 0 aliphatic heterocycles. The second-order valence-corrected chi connectivity index (χ2v) is 8.18. The van der Waals surface area contributed by atoms with Gasteiger partial charge in [0.05, 0.1) is 4.90 Å². The van der Waals surface area contributed by atoms with Crippen LogP contribution in [0.5, 0.6) is 0 Å². The molecule has 2 rings (SSSR count). The van der Waals surface area contributed by atoms with Crippen molar-refractivity contribution in [3.8, 4) is 0 Å². The molecule has 114 valence electrons. The van der Waals surface area contributed by atoms with E-state index in [9.17, 15) is 8.42 Å². The third-order valence-corrected chi connectivity index (χ3v) is 5.78. The third-order valence-electron chi connectivity index (χ3n) is 4.32. The van der Waals surface area contributed by atoms with Crippen molar-refractivity contribution < 1.29 is 8.42 Å². The van der Waals surface area contributed by atoms with E-state index in [0.29, 0.717) is 17.4 Å². The average molecular weight is 305 g/mol. The summed E-state index contributed by atoms with van der Waals surface area (Å²) in [6.07, 6.45) is 0. The molecular formula is C17H23NO2S. The van der Waals surface area contributed by atoms with Gasteiger partial charge in [0.25, 0.3) is 0 Å². The van der Waals surface area contributed by atoms with Crippen LogP contribution in [0.15, 0.2) is 47.4 Å². The molecule has 4 heteroatoms. The van der Waals surface area contributed by atoms with E-state index in [4.69, 9.17) is 0 Å². The highest BCUT2D eigenvalue weighted by Gasteiger charge is 2.26. The van der Waals surface area contributed by atoms with Crippen LogP contribution in [0, 0.1) is 11.3 Å². The Hall–Kier alpha value is -1.39. The lowest BCUT2D eigenvalue weighted by Gasteiger charge is -2.29. The van der Waals surface area contributed by atoms with E-state index in [1.54, 1.807) is 12.1 Å². The summed E-state index contributed by atoms with van der Waals surface area (Å²) >= 11 is 0. The quantitative estimate of drug-likeness (QED) is 0.913. The first-order valence-corrected chi connectivity index (χ1v) is 8.70. The number of sulfonamides is 1. The second-order valence-electron chi connectivity index (χ2n) is 6.45. The summed E-state index contributed by atoms with van der Waals surface area (Å²) in [5.74, 6) is 0.396. The van der Waals surface area contributed by atoms with Crippen LogP contribution in [0.1, 0.15) is 27.7 Å². The van der Waals surface area contributed by atoms with Crippen molar-refractivity contribution in [2.45, 2.75) is 32.6 Å². The lowest BCUT2D eigenvalue weighted by Crippen LogP contribution is -2.37. The minimum Gasteiger partial charge on any atom is -0.211 e. The zero-order valence-electron chi connectivity index (χ0n) is 13.1. The molecule has 0 spiro atoms. The highest BCUT2D eigenvalue weighted by Crippen LogP contribution is 2.27. The summed E-state index contributed by atoms with van der Waals surface area (Å²) in [5.41, 5.74) is -0.0857. The maximum absolute atomic E-state index is 12.6. The molecule has 0 fully saturated rings. The minimum absolute atomic E-state index is 0.0857. The van der Waals surface area contributed by atoms with Crippen LogP contribution in [0.2, 0.25) is 0 Å². The molecular weight excluding hydrogens is 282 g/mol. The Bertz CT molecular complexity index is 728. The molecule has 0 heterocycles. The fraction of sp³-hybridized carbons (Fsp3) is 0.412. The van der Waals surface area contributed by atoms with Crippen LogP contribution in [-0.2, 0) is 10.0 Å². The Balaban J connectivity index is 2.35. The van der Waals surface area contributed by atoms with Crippen molar-refractivity contribution in [1.29, 1.82) is 0 Å². The van der Waals surface area contributed by atoms with Gasteiger partial charge in [0.1, 0.15) is 0 Å². The largest absolute Gasteiger partial charge is 0.241 e. The topological polar surface area (TPSA) is 46.2 Å². The molecule has 0 aliphatic carbocycles. The fourth-order valence-electron chi connectivity index (χ4n) is 1.99. The van der Waals surface area contributed by atoms with Gasteiger partial charge < -0.3 is 0 Å². The Labute approximate surface area is 127 Å². The van der Waals surface area contributed by atoms with Gasteiger partial charge >= 0.3 is 0 Å². The monoisotopic (exact) mass is 305 g/mol. The molecule has 0 atom stereocenters. The van der Waals surface area contributed by atoms with Gasteiger partial charge in [-0.2, -0.15) is 0 Å². The Morgan fingerprint density at radius 3 is 2.33 bits per heavy atom. The highest BCUT2D eigenvalue weighted by molar-refractivity contribution is 7.89. The number of benzene rings is 2. The minimum atomic E-state index is -3.50. The van der Waals surface area contributed by atoms with Crippen molar-refractivity contribution in [3.05, 3.63) is 42.5 Å². The first-order valence-electron chi connectivity index (χ1n) is 7.21. The smallest absolute Gasteiger partial charge is 0.211 e. The fourth-order valence-corrected chi connectivity index (χ4v) is 3.44. The molecule has 0 amide bonds. The van der Waals surface area contributed by atoms with E-state index in [2.05, 4.69) is 32.4 Å². The first-order chi connectivity index (χ1) is 9.74. The molecule has 0 saturated heterocycles. The van der Waals surface area contributed by atoms with Gasteiger partial charge in [-0.25, -0.2) is 13.1 Å². The summed E-state index contributed by atoms with van der Waals surface area (Å²) in [5, 5.41) is 1.69. The zero-order chi connectivity index (χ0) is 15.7. The maximum Gasteiger partial charge on any atom is 0.241 e. The molecule has 0 aromatic heterocycles. The van der Waals surface area contributed by atoms with Gasteiger partial charge in [0.15, 0.2) is 0 Å². The molecule has 21 heavy (non-hydrogen) atoms. The molecule has 0 unspecified atom stereocenters. The molecule has 0 radical (unpaired) electrons. The predicted molar refractivity (Wildman–Crippen MR) is 87.8 cm³/mol. The van der Waals surface area contributed by atoms with Gasteiger partial charge in [-0.05, 0) is 22.8 Å². The van der Waals surface area contributed by atoms with Crippen molar-refractivity contribution in [2.24, 2.45) is 11.3 Å². The van der Waals surface area contributed by atoms with Crippen molar-refractivity contribution in [1.82, 2.24) is 4.72 Å². The molecule has 1 N–H and O–H groups in total. The van der Waals surface area contributed by atoms with Crippen LogP contribution >= 0.6 is 0 Å². The van der Waals surface area contributed by atoms with E-state index in [1.807, 2.05) is 30.3 Å². The second kappa shape index (κ2) is 5.78. The van der Waals surface area contributed by atoms with Gasteiger partial charge in [0.2, 0.25) is 10.0 Å². The SMILES string of the molecule is CC(C)C(C)(C)CNS(=O)(=O)c1cccc2ccccc12. The molecule has 0 aliphatic rings. The van der Waals surface area contributed by atoms with E-state index in [1.165, 1.54) is 0 Å². The van der Waals surface area contributed by atoms with Gasteiger partial charge in [-0.1, -0.05) is 64.1 Å². The number of fused-ring (bicyclic) bond motifs is 1. The third kappa shape index (κ3) is 3.44. The number of hydrogen-bond acceptors (Lipinski definition) is 2. The summed E-state index contributed by atoms with van der Waals surface area (Å²) in [6.45, 7) is 8.78. The van der Waals surface area contributed by atoms with E-state index < -0.39 is 10.0 Å². The van der Waals surface area contributed by atoms with Gasteiger partial charge in [0, 0.05) is 11.9 Å². The molecule has 2 aromatic carbocycles. The lowest BCUT2D eigenvalue weighted by atomic mass is 9.81. The Kier molecular flexibility index (Phi) is 4.40. The zero-order valence-corrected chi connectivity index (χ0v) is 13.9. The number of hydrogen-bond donors (Lipinski definition) is 1.